The van der Waals surface area contributed by atoms with E-state index < -0.39 is 3.78 Å². The second kappa shape index (κ2) is 3.97. The van der Waals surface area contributed by atoms with Crippen molar-refractivity contribution in [2.45, 2.75) is 30.5 Å². The van der Waals surface area contributed by atoms with E-state index in [1.807, 2.05) is 6.08 Å². The highest BCUT2D eigenvalue weighted by atomic mass is 79.9. The van der Waals surface area contributed by atoms with Gasteiger partial charge in [-0.2, -0.15) is 0 Å². The Hall–Kier alpha value is 0.250. The molecule has 2 unspecified atom stereocenters. The Morgan fingerprint density at radius 3 is 2.92 bits per heavy atom. The molecule has 1 aliphatic rings. The van der Waals surface area contributed by atoms with E-state index >= 15 is 0 Å². The molecule has 0 aliphatic heterocycles. The fourth-order valence-electron chi connectivity index (χ4n) is 1.31. The first-order valence-corrected chi connectivity index (χ1v) is 5.49. The maximum atomic E-state index is 6.12. The average Bonchev–Trinajstić information content (AvgIpc) is 2.01. The van der Waals surface area contributed by atoms with Crippen LogP contribution in [0.2, 0.25) is 0 Å². The van der Waals surface area contributed by atoms with Crippen LogP contribution in [0.4, 0.5) is 0 Å². The summed E-state index contributed by atoms with van der Waals surface area (Å²) in [6.07, 6.45) is 8.46. The van der Waals surface area contributed by atoms with Crippen molar-refractivity contribution in [2.24, 2.45) is 5.92 Å². The van der Waals surface area contributed by atoms with Crippen LogP contribution in [0.3, 0.4) is 0 Å². The number of hydrogen-bond donors (Lipinski definition) is 0. The van der Waals surface area contributed by atoms with E-state index in [0.717, 1.165) is 6.42 Å². The molecule has 2 atom stereocenters. The minimum Gasteiger partial charge on any atom is -0.0974 e. The smallest absolute Gasteiger partial charge is 0.0974 e. The summed E-state index contributed by atoms with van der Waals surface area (Å²) >= 11 is 9.55. The van der Waals surface area contributed by atoms with Gasteiger partial charge in [0, 0.05) is 0 Å². The molecule has 0 bridgehead atoms. The second-order valence-electron chi connectivity index (χ2n) is 3.31. The minimum atomic E-state index is -0.427. The van der Waals surface area contributed by atoms with E-state index in [9.17, 15) is 0 Å². The van der Waals surface area contributed by atoms with E-state index in [0.29, 0.717) is 5.92 Å². The topological polar surface area (TPSA) is 0 Å². The van der Waals surface area contributed by atoms with Crippen LogP contribution in [0.1, 0.15) is 26.7 Å². The van der Waals surface area contributed by atoms with Crippen molar-refractivity contribution in [1.29, 1.82) is 0 Å². The van der Waals surface area contributed by atoms with Gasteiger partial charge in [0.1, 0.15) is 3.78 Å². The first-order chi connectivity index (χ1) is 5.55. The molecule has 0 amide bonds. The quantitative estimate of drug-likeness (QED) is 0.507. The van der Waals surface area contributed by atoms with Gasteiger partial charge in [-0.25, -0.2) is 0 Å². The highest BCUT2D eigenvalue weighted by molar-refractivity contribution is 9.10. The minimum absolute atomic E-state index is 0.427. The van der Waals surface area contributed by atoms with Crippen LogP contribution in [0.25, 0.3) is 0 Å². The molecule has 0 nitrogen and oxygen atoms in total. The van der Waals surface area contributed by atoms with Gasteiger partial charge in [-0.1, -0.05) is 59.1 Å². The Morgan fingerprint density at radius 1 is 1.75 bits per heavy atom. The van der Waals surface area contributed by atoms with E-state index in [-0.39, 0.29) is 0 Å². The summed E-state index contributed by atoms with van der Waals surface area (Å²) in [5.74, 6) is 0.644. The van der Waals surface area contributed by atoms with Gasteiger partial charge in [-0.3, -0.25) is 0 Å². The molecule has 0 saturated carbocycles. The Bertz CT molecular complexity index is 216. The first kappa shape index (κ1) is 10.3. The van der Waals surface area contributed by atoms with Gasteiger partial charge in [-0.15, -0.1) is 0 Å². The summed E-state index contributed by atoms with van der Waals surface area (Å²) in [6, 6.07) is 0. The maximum Gasteiger partial charge on any atom is 0.135 e. The molecule has 0 N–H and O–H groups in total. The zero-order valence-electron chi connectivity index (χ0n) is 7.48. The third-order valence-electron chi connectivity index (χ3n) is 2.32. The van der Waals surface area contributed by atoms with Crippen molar-refractivity contribution in [1.82, 2.24) is 0 Å². The van der Waals surface area contributed by atoms with Crippen molar-refractivity contribution in [2.75, 3.05) is 0 Å². The second-order valence-corrected chi connectivity index (χ2v) is 5.70. The molecule has 2 heteroatoms. The van der Waals surface area contributed by atoms with Crippen LogP contribution in [0, 0.1) is 5.92 Å². The maximum absolute atomic E-state index is 6.12. The van der Waals surface area contributed by atoms with Crippen LogP contribution in [-0.2, 0) is 0 Å². The van der Waals surface area contributed by atoms with Crippen LogP contribution < -0.4 is 0 Å². The predicted octanol–water partition coefficient (Wildman–Crippen LogP) is 4.25. The predicted molar refractivity (Wildman–Crippen MR) is 58.8 cm³/mol. The Kier molecular flexibility index (Phi) is 3.42. The lowest BCUT2D eigenvalue weighted by Gasteiger charge is -2.21. The lowest BCUT2D eigenvalue weighted by Crippen LogP contribution is -2.11. The first-order valence-electron chi connectivity index (χ1n) is 4.32. The summed E-state index contributed by atoms with van der Waals surface area (Å²) in [5.41, 5.74) is 1.44. The number of rotatable bonds is 2. The van der Waals surface area contributed by atoms with E-state index in [1.165, 1.54) is 12.0 Å². The van der Waals surface area contributed by atoms with Crippen molar-refractivity contribution >= 4 is 27.5 Å². The van der Waals surface area contributed by atoms with Crippen LogP contribution in [-0.4, -0.2) is 3.78 Å². The third kappa shape index (κ3) is 2.63. The number of alkyl halides is 2. The highest BCUT2D eigenvalue weighted by Gasteiger charge is 2.21. The molecule has 12 heavy (non-hydrogen) atoms. The largest absolute Gasteiger partial charge is 0.135 e. The van der Waals surface area contributed by atoms with E-state index in [4.69, 9.17) is 11.6 Å². The highest BCUT2D eigenvalue weighted by Crippen LogP contribution is 2.35. The molecule has 0 aromatic heterocycles. The van der Waals surface area contributed by atoms with Crippen LogP contribution in [0.15, 0.2) is 23.8 Å². The molecular weight excluding hydrogens is 235 g/mol. The SMILES string of the molecule is CCC(C)C1=CC(Cl)(Br)C=CC1. The number of hydrogen-bond acceptors (Lipinski definition) is 0. The molecule has 68 valence electrons. The molecule has 0 saturated heterocycles. The summed E-state index contributed by atoms with van der Waals surface area (Å²) in [4.78, 5) is 0. The zero-order valence-corrected chi connectivity index (χ0v) is 9.82. The zero-order chi connectivity index (χ0) is 9.19. The Morgan fingerprint density at radius 2 is 2.42 bits per heavy atom. The third-order valence-corrected chi connectivity index (χ3v) is 3.05. The summed E-state index contributed by atoms with van der Waals surface area (Å²) in [7, 11) is 0. The van der Waals surface area contributed by atoms with E-state index in [1.54, 1.807) is 0 Å². The van der Waals surface area contributed by atoms with E-state index in [2.05, 4.69) is 41.9 Å². The molecule has 0 radical (unpaired) electrons. The summed E-state index contributed by atoms with van der Waals surface area (Å²) in [6.45, 7) is 4.44. The Balaban J connectivity index is 2.74. The van der Waals surface area contributed by atoms with Gasteiger partial charge >= 0.3 is 0 Å². The molecule has 0 aromatic rings. The van der Waals surface area contributed by atoms with Gasteiger partial charge in [-0.05, 0) is 24.8 Å². The summed E-state index contributed by atoms with van der Waals surface area (Å²) < 4.78 is -0.427. The normalized spacial score (nSPS) is 31.5. The lowest BCUT2D eigenvalue weighted by molar-refractivity contribution is 0.636. The monoisotopic (exact) mass is 248 g/mol. The summed E-state index contributed by atoms with van der Waals surface area (Å²) in [5, 5.41) is 0. The molecule has 1 rings (SSSR count). The Labute approximate surface area is 87.8 Å². The fraction of sp³-hybridized carbons (Fsp3) is 0.600. The molecule has 1 aliphatic carbocycles. The van der Waals surface area contributed by atoms with Crippen LogP contribution >= 0.6 is 27.5 Å². The number of allylic oxidation sites excluding steroid dienone is 4. The van der Waals surface area contributed by atoms with Crippen molar-refractivity contribution in [3.63, 3.8) is 0 Å². The van der Waals surface area contributed by atoms with Crippen molar-refractivity contribution in [3.05, 3.63) is 23.8 Å². The molecular formula is C10H14BrCl. The molecule has 0 aromatic carbocycles. The van der Waals surface area contributed by atoms with Gasteiger partial charge < -0.3 is 0 Å². The van der Waals surface area contributed by atoms with Crippen molar-refractivity contribution < 1.29 is 0 Å². The van der Waals surface area contributed by atoms with Crippen LogP contribution in [0.5, 0.6) is 0 Å². The van der Waals surface area contributed by atoms with Gasteiger partial charge in [0.05, 0.1) is 0 Å². The van der Waals surface area contributed by atoms with Gasteiger partial charge in [0.15, 0.2) is 0 Å². The fourth-order valence-corrected chi connectivity index (χ4v) is 2.02. The molecule has 0 heterocycles. The average molecular weight is 250 g/mol. The lowest BCUT2D eigenvalue weighted by atomic mass is 9.92. The van der Waals surface area contributed by atoms with Crippen molar-refractivity contribution in [3.8, 4) is 0 Å². The number of halogens is 2. The standard InChI is InChI=1S/C10H14BrCl/c1-3-8(2)9-5-4-6-10(11,12)7-9/h4,6-8H,3,5H2,1-2H3. The van der Waals surface area contributed by atoms with Gasteiger partial charge in [0.2, 0.25) is 0 Å². The molecule has 0 spiro atoms. The van der Waals surface area contributed by atoms with Gasteiger partial charge in [0.25, 0.3) is 0 Å². The molecule has 0 fully saturated rings.